The van der Waals surface area contributed by atoms with E-state index in [0.29, 0.717) is 13.1 Å². The van der Waals surface area contributed by atoms with Crippen LogP contribution < -0.4 is 10.5 Å². The summed E-state index contributed by atoms with van der Waals surface area (Å²) in [5.74, 6) is 0.951. The van der Waals surface area contributed by atoms with Crippen molar-refractivity contribution in [3.05, 3.63) is 65.2 Å². The summed E-state index contributed by atoms with van der Waals surface area (Å²) < 4.78 is 5.74. The van der Waals surface area contributed by atoms with Crippen LogP contribution in [0.3, 0.4) is 0 Å². The quantitative estimate of drug-likeness (QED) is 0.911. The van der Waals surface area contributed by atoms with Crippen LogP contribution in [0.15, 0.2) is 48.5 Å². The zero-order chi connectivity index (χ0) is 17.1. The summed E-state index contributed by atoms with van der Waals surface area (Å²) in [5.41, 5.74) is 9.60. The summed E-state index contributed by atoms with van der Waals surface area (Å²) >= 11 is 0. The Morgan fingerprint density at radius 1 is 1.16 bits per heavy atom. The van der Waals surface area contributed by atoms with E-state index < -0.39 is 0 Å². The molecular weight excluding hydrogens is 336 g/mol. The lowest BCUT2D eigenvalue weighted by Gasteiger charge is -2.17. The van der Waals surface area contributed by atoms with Crippen LogP contribution in [0.4, 0.5) is 0 Å². The van der Waals surface area contributed by atoms with Crippen LogP contribution in [0.1, 0.15) is 22.6 Å². The van der Waals surface area contributed by atoms with Crippen LogP contribution in [0.2, 0.25) is 0 Å². The molecule has 0 spiro atoms. The minimum absolute atomic E-state index is 0. The maximum atomic E-state index is 12.5. The van der Waals surface area contributed by atoms with Gasteiger partial charge in [-0.25, -0.2) is 0 Å². The number of nitrogens with zero attached hydrogens (tertiary/aromatic N) is 1. The highest BCUT2D eigenvalue weighted by atomic mass is 35.5. The zero-order valence-electron chi connectivity index (χ0n) is 14.6. The number of nitrogens with two attached hydrogens (primary N) is 1. The summed E-state index contributed by atoms with van der Waals surface area (Å²) in [6, 6.07) is 16.1. The molecule has 1 amide bonds. The standard InChI is InChI=1S/C20H24N2O2.ClH/c1-14-8-9-15(2)19(10-14)24-13-20(23)22-11-17(18(21)12-22)16-6-4-3-5-7-16;/h3-10,17-18H,11-13,21H2,1-2H3;1H/t17-,18+;/m0./s1. The molecule has 1 aliphatic heterocycles. The largest absolute Gasteiger partial charge is 0.483 e. The lowest BCUT2D eigenvalue weighted by molar-refractivity contribution is -0.132. The van der Waals surface area contributed by atoms with E-state index >= 15 is 0 Å². The van der Waals surface area contributed by atoms with Crippen molar-refractivity contribution in [2.45, 2.75) is 25.8 Å². The molecule has 0 aliphatic carbocycles. The van der Waals surface area contributed by atoms with Gasteiger partial charge in [-0.1, -0.05) is 42.5 Å². The number of hydrogen-bond donors (Lipinski definition) is 1. The summed E-state index contributed by atoms with van der Waals surface area (Å²) in [4.78, 5) is 14.3. The summed E-state index contributed by atoms with van der Waals surface area (Å²) in [6.45, 7) is 5.28. The van der Waals surface area contributed by atoms with Crippen LogP contribution in [-0.2, 0) is 4.79 Å². The van der Waals surface area contributed by atoms with Crippen molar-refractivity contribution in [2.24, 2.45) is 5.73 Å². The van der Waals surface area contributed by atoms with Crippen LogP contribution >= 0.6 is 12.4 Å². The Labute approximate surface area is 155 Å². The molecule has 134 valence electrons. The van der Waals surface area contributed by atoms with Gasteiger partial charge in [-0.15, -0.1) is 12.4 Å². The lowest BCUT2D eigenvalue weighted by Crippen LogP contribution is -2.35. The van der Waals surface area contributed by atoms with Crippen LogP contribution in [0, 0.1) is 13.8 Å². The fourth-order valence-corrected chi connectivity index (χ4v) is 3.18. The fraction of sp³-hybridized carbons (Fsp3) is 0.350. The molecule has 0 aromatic heterocycles. The molecule has 2 atom stereocenters. The van der Waals surface area contributed by atoms with Crippen LogP contribution in [0.25, 0.3) is 0 Å². The van der Waals surface area contributed by atoms with E-state index in [1.54, 1.807) is 0 Å². The van der Waals surface area contributed by atoms with E-state index in [1.807, 2.05) is 55.1 Å². The molecule has 2 aromatic carbocycles. The first-order chi connectivity index (χ1) is 11.5. The average Bonchev–Trinajstić information content (AvgIpc) is 2.98. The van der Waals surface area contributed by atoms with Crippen molar-refractivity contribution in [1.29, 1.82) is 0 Å². The van der Waals surface area contributed by atoms with Crippen molar-refractivity contribution in [3.8, 4) is 5.75 Å². The van der Waals surface area contributed by atoms with E-state index in [4.69, 9.17) is 10.5 Å². The van der Waals surface area contributed by atoms with Crippen molar-refractivity contribution >= 4 is 18.3 Å². The van der Waals surface area contributed by atoms with Gasteiger partial charge in [0.2, 0.25) is 0 Å². The zero-order valence-corrected chi connectivity index (χ0v) is 15.5. The van der Waals surface area contributed by atoms with Crippen molar-refractivity contribution in [2.75, 3.05) is 19.7 Å². The molecule has 1 heterocycles. The number of rotatable bonds is 4. The highest BCUT2D eigenvalue weighted by Gasteiger charge is 2.33. The third-order valence-corrected chi connectivity index (χ3v) is 4.64. The Hall–Kier alpha value is -2.04. The highest BCUT2D eigenvalue weighted by molar-refractivity contribution is 5.85. The number of aryl methyl sites for hydroxylation is 2. The first-order valence-electron chi connectivity index (χ1n) is 8.33. The summed E-state index contributed by atoms with van der Waals surface area (Å²) in [6.07, 6.45) is 0. The predicted octanol–water partition coefficient (Wildman–Crippen LogP) is 3.06. The van der Waals surface area contributed by atoms with E-state index in [2.05, 4.69) is 12.1 Å². The third-order valence-electron chi connectivity index (χ3n) is 4.64. The van der Waals surface area contributed by atoms with Crippen molar-refractivity contribution in [1.82, 2.24) is 4.90 Å². The second-order valence-electron chi connectivity index (χ2n) is 6.54. The van der Waals surface area contributed by atoms with Gasteiger partial charge in [-0.05, 0) is 36.6 Å². The normalized spacial score (nSPS) is 19.4. The van der Waals surface area contributed by atoms with Gasteiger partial charge in [0.1, 0.15) is 5.75 Å². The fourth-order valence-electron chi connectivity index (χ4n) is 3.18. The molecule has 1 saturated heterocycles. The summed E-state index contributed by atoms with van der Waals surface area (Å²) in [7, 11) is 0. The number of halogens is 1. The predicted molar refractivity (Wildman–Crippen MR) is 102 cm³/mol. The maximum absolute atomic E-state index is 12.5. The molecule has 1 aliphatic rings. The molecule has 4 nitrogen and oxygen atoms in total. The van der Waals surface area contributed by atoms with Gasteiger partial charge < -0.3 is 15.4 Å². The Balaban J connectivity index is 0.00000225. The highest BCUT2D eigenvalue weighted by Crippen LogP contribution is 2.26. The van der Waals surface area contributed by atoms with E-state index in [-0.39, 0.29) is 36.9 Å². The molecule has 1 fully saturated rings. The molecule has 5 heteroatoms. The van der Waals surface area contributed by atoms with Gasteiger partial charge in [0, 0.05) is 25.0 Å². The molecule has 2 N–H and O–H groups in total. The number of carbonyl (C=O) groups is 1. The van der Waals surface area contributed by atoms with Gasteiger partial charge in [0.25, 0.3) is 5.91 Å². The Morgan fingerprint density at radius 3 is 2.60 bits per heavy atom. The minimum atomic E-state index is -0.0305. The molecule has 0 radical (unpaired) electrons. The van der Waals surface area contributed by atoms with Gasteiger partial charge in [0.05, 0.1) is 0 Å². The van der Waals surface area contributed by atoms with Crippen molar-refractivity contribution in [3.63, 3.8) is 0 Å². The first-order valence-corrected chi connectivity index (χ1v) is 8.33. The molecule has 3 rings (SSSR count). The average molecular weight is 361 g/mol. The van der Waals surface area contributed by atoms with Gasteiger partial charge in [-0.3, -0.25) is 4.79 Å². The molecular formula is C20H25ClN2O2. The second kappa shape index (κ2) is 8.37. The number of carbonyl (C=O) groups excluding carboxylic acids is 1. The minimum Gasteiger partial charge on any atom is -0.483 e. The summed E-state index contributed by atoms with van der Waals surface area (Å²) in [5, 5.41) is 0. The monoisotopic (exact) mass is 360 g/mol. The lowest BCUT2D eigenvalue weighted by atomic mass is 9.95. The third kappa shape index (κ3) is 4.53. The number of likely N-dealkylation sites (tertiary alicyclic amines) is 1. The van der Waals surface area contributed by atoms with E-state index in [1.165, 1.54) is 5.56 Å². The smallest absolute Gasteiger partial charge is 0.260 e. The van der Waals surface area contributed by atoms with Gasteiger partial charge >= 0.3 is 0 Å². The number of ether oxygens (including phenoxy) is 1. The van der Waals surface area contributed by atoms with E-state index in [0.717, 1.165) is 16.9 Å². The van der Waals surface area contributed by atoms with Crippen LogP contribution in [-0.4, -0.2) is 36.5 Å². The Kier molecular flexibility index (Phi) is 6.45. The molecule has 0 unspecified atom stereocenters. The van der Waals surface area contributed by atoms with Gasteiger partial charge in [0.15, 0.2) is 6.61 Å². The number of amides is 1. The molecule has 0 saturated carbocycles. The Morgan fingerprint density at radius 2 is 1.88 bits per heavy atom. The molecule has 25 heavy (non-hydrogen) atoms. The first kappa shape index (κ1) is 19.3. The SMILES string of the molecule is Cc1ccc(C)c(OCC(=O)N2C[C@@H](N)[C@H](c3ccccc3)C2)c1.Cl. The molecule has 0 bridgehead atoms. The van der Waals surface area contributed by atoms with Crippen molar-refractivity contribution < 1.29 is 9.53 Å². The molecule has 2 aromatic rings. The van der Waals surface area contributed by atoms with E-state index in [9.17, 15) is 4.79 Å². The maximum Gasteiger partial charge on any atom is 0.260 e. The Bertz CT molecular complexity index is 721. The van der Waals surface area contributed by atoms with Gasteiger partial charge in [-0.2, -0.15) is 0 Å². The number of hydrogen-bond acceptors (Lipinski definition) is 3. The van der Waals surface area contributed by atoms with Crippen LogP contribution in [0.5, 0.6) is 5.75 Å². The number of benzene rings is 2. The second-order valence-corrected chi connectivity index (χ2v) is 6.54. The topological polar surface area (TPSA) is 55.6 Å².